The average molecular weight is 295 g/mol. The third kappa shape index (κ3) is 4.15. The van der Waals surface area contributed by atoms with Crippen molar-refractivity contribution in [2.24, 2.45) is 22.7 Å². The number of rotatable bonds is 6. The molecule has 21 heavy (non-hydrogen) atoms. The molecule has 1 fully saturated rings. The maximum absolute atomic E-state index is 13.5. The van der Waals surface area contributed by atoms with Crippen LogP contribution >= 0.6 is 0 Å². The lowest BCUT2D eigenvalue weighted by atomic mass is 9.97. The van der Waals surface area contributed by atoms with Crippen LogP contribution in [0, 0.1) is 17.7 Å². The molecule has 0 bridgehead atoms. The molecule has 0 radical (unpaired) electrons. The Labute approximate surface area is 123 Å². The van der Waals surface area contributed by atoms with E-state index in [1.54, 1.807) is 6.07 Å². The van der Waals surface area contributed by atoms with E-state index in [0.717, 1.165) is 31.4 Å². The van der Waals surface area contributed by atoms with E-state index in [4.69, 9.17) is 10.9 Å². The number of halogens is 1. The highest BCUT2D eigenvalue weighted by Crippen LogP contribution is 2.30. The van der Waals surface area contributed by atoms with E-state index in [1.807, 2.05) is 0 Å². The first-order valence-electron chi connectivity index (χ1n) is 7.23. The van der Waals surface area contributed by atoms with Gasteiger partial charge in [0.1, 0.15) is 5.82 Å². The van der Waals surface area contributed by atoms with Gasteiger partial charge in [-0.1, -0.05) is 11.6 Å². The third-order valence-electron chi connectivity index (χ3n) is 4.15. The second-order valence-corrected chi connectivity index (χ2v) is 5.60. The highest BCUT2D eigenvalue weighted by atomic mass is 19.1. The molecule has 116 valence electrons. The van der Waals surface area contributed by atoms with E-state index >= 15 is 0 Å². The van der Waals surface area contributed by atoms with Gasteiger partial charge in [-0.25, -0.2) is 4.39 Å². The second-order valence-electron chi connectivity index (χ2n) is 5.60. The molecule has 2 unspecified atom stereocenters. The minimum atomic E-state index is -0.412. The molecule has 5 nitrogen and oxygen atoms in total. The molecule has 1 aromatic carbocycles. The molecule has 6 heteroatoms. The number of aliphatic hydroxyl groups is 1. The van der Waals surface area contributed by atoms with Gasteiger partial charge in [-0.05, 0) is 55.0 Å². The minimum absolute atomic E-state index is 0.105. The summed E-state index contributed by atoms with van der Waals surface area (Å²) in [4.78, 5) is 0. The van der Waals surface area contributed by atoms with Gasteiger partial charge in [-0.2, -0.15) is 0 Å². The van der Waals surface area contributed by atoms with Crippen LogP contribution in [0.3, 0.4) is 0 Å². The van der Waals surface area contributed by atoms with Gasteiger partial charge in [0.05, 0.1) is 0 Å². The minimum Gasteiger partial charge on any atom is -0.409 e. The standard InChI is InChI=1S/C15H22FN3O2/c16-14-5-10(4-13(6-14)15(17)19-21)7-18-8-11-2-1-3-12(11)9-20/h4-6,11-12,18,20-21H,1-3,7-9H2,(H2,17,19). The number of nitrogens with zero attached hydrogens (tertiary/aromatic N) is 1. The lowest BCUT2D eigenvalue weighted by Gasteiger charge is -2.18. The first-order chi connectivity index (χ1) is 10.1. The summed E-state index contributed by atoms with van der Waals surface area (Å²) in [6.07, 6.45) is 3.36. The summed E-state index contributed by atoms with van der Waals surface area (Å²) in [7, 11) is 0. The van der Waals surface area contributed by atoms with E-state index < -0.39 is 5.82 Å². The lowest BCUT2D eigenvalue weighted by Crippen LogP contribution is -2.26. The topological polar surface area (TPSA) is 90.9 Å². The summed E-state index contributed by atoms with van der Waals surface area (Å²) in [5, 5.41) is 24.1. The van der Waals surface area contributed by atoms with Crippen molar-refractivity contribution in [3.8, 4) is 0 Å². The third-order valence-corrected chi connectivity index (χ3v) is 4.15. The fourth-order valence-corrected chi connectivity index (χ4v) is 2.98. The van der Waals surface area contributed by atoms with Gasteiger partial charge in [-0.15, -0.1) is 0 Å². The van der Waals surface area contributed by atoms with Crippen molar-refractivity contribution in [2.45, 2.75) is 25.8 Å². The van der Waals surface area contributed by atoms with Gasteiger partial charge in [0.2, 0.25) is 0 Å². The molecule has 1 aromatic rings. The van der Waals surface area contributed by atoms with E-state index in [0.29, 0.717) is 23.9 Å². The Morgan fingerprint density at radius 2 is 2.10 bits per heavy atom. The van der Waals surface area contributed by atoms with Gasteiger partial charge in [0.15, 0.2) is 5.84 Å². The summed E-state index contributed by atoms with van der Waals surface area (Å²) in [6, 6.07) is 4.36. The smallest absolute Gasteiger partial charge is 0.170 e. The van der Waals surface area contributed by atoms with Crippen LogP contribution in [0.5, 0.6) is 0 Å². The number of nitrogens with two attached hydrogens (primary N) is 1. The van der Waals surface area contributed by atoms with Crippen molar-refractivity contribution in [1.29, 1.82) is 0 Å². The highest BCUT2D eigenvalue weighted by Gasteiger charge is 2.25. The molecule has 0 aromatic heterocycles. The van der Waals surface area contributed by atoms with Crippen LogP contribution < -0.4 is 11.1 Å². The number of benzene rings is 1. The number of amidine groups is 1. The number of hydrogen-bond donors (Lipinski definition) is 4. The normalized spacial score (nSPS) is 22.7. The number of hydrogen-bond acceptors (Lipinski definition) is 4. The quantitative estimate of drug-likeness (QED) is 0.276. The van der Waals surface area contributed by atoms with Crippen LogP contribution in [-0.4, -0.2) is 29.3 Å². The van der Waals surface area contributed by atoms with Crippen molar-refractivity contribution < 1.29 is 14.7 Å². The zero-order chi connectivity index (χ0) is 15.2. The Kier molecular flexibility index (Phi) is 5.52. The summed E-state index contributed by atoms with van der Waals surface area (Å²) >= 11 is 0. The molecule has 0 amide bonds. The highest BCUT2D eigenvalue weighted by molar-refractivity contribution is 5.97. The molecule has 0 spiro atoms. The monoisotopic (exact) mass is 295 g/mol. The molecule has 5 N–H and O–H groups in total. The zero-order valence-corrected chi connectivity index (χ0v) is 11.9. The molecule has 2 rings (SSSR count). The predicted molar refractivity (Wildman–Crippen MR) is 78.5 cm³/mol. The zero-order valence-electron chi connectivity index (χ0n) is 11.9. The SMILES string of the molecule is N/C(=N/O)c1cc(F)cc(CNCC2CCCC2CO)c1. The average Bonchev–Trinajstić information content (AvgIpc) is 2.93. The summed E-state index contributed by atoms with van der Waals surface area (Å²) in [6.45, 7) is 1.55. The fraction of sp³-hybridized carbons (Fsp3) is 0.533. The van der Waals surface area contributed by atoms with Gasteiger partial charge in [0, 0.05) is 18.7 Å². The Morgan fingerprint density at radius 3 is 2.81 bits per heavy atom. The van der Waals surface area contributed by atoms with Crippen LogP contribution in [0.4, 0.5) is 4.39 Å². The van der Waals surface area contributed by atoms with Crippen LogP contribution in [0.1, 0.15) is 30.4 Å². The van der Waals surface area contributed by atoms with Crippen LogP contribution in [-0.2, 0) is 6.54 Å². The molecular weight excluding hydrogens is 273 g/mol. The first kappa shape index (κ1) is 15.7. The largest absolute Gasteiger partial charge is 0.409 e. The number of nitrogens with one attached hydrogen (secondary N) is 1. The summed E-state index contributed by atoms with van der Waals surface area (Å²) < 4.78 is 13.5. The van der Waals surface area contributed by atoms with Gasteiger partial charge < -0.3 is 21.4 Å². The van der Waals surface area contributed by atoms with Crippen molar-refractivity contribution in [1.82, 2.24) is 5.32 Å². The van der Waals surface area contributed by atoms with Crippen molar-refractivity contribution in [3.05, 3.63) is 35.1 Å². The van der Waals surface area contributed by atoms with Crippen LogP contribution in [0.2, 0.25) is 0 Å². The maximum atomic E-state index is 13.5. The maximum Gasteiger partial charge on any atom is 0.170 e. The molecule has 2 atom stereocenters. The van der Waals surface area contributed by atoms with E-state index in [-0.39, 0.29) is 12.4 Å². The number of oxime groups is 1. The second kappa shape index (κ2) is 7.38. The molecule has 0 saturated heterocycles. The van der Waals surface area contributed by atoms with Gasteiger partial charge in [-0.3, -0.25) is 0 Å². The molecule has 1 saturated carbocycles. The van der Waals surface area contributed by atoms with Crippen molar-refractivity contribution >= 4 is 5.84 Å². The van der Waals surface area contributed by atoms with E-state index in [1.165, 1.54) is 12.1 Å². The van der Waals surface area contributed by atoms with Gasteiger partial charge in [0.25, 0.3) is 0 Å². The Morgan fingerprint density at radius 1 is 1.33 bits per heavy atom. The Balaban J connectivity index is 1.92. The fourth-order valence-electron chi connectivity index (χ4n) is 2.98. The van der Waals surface area contributed by atoms with E-state index in [2.05, 4.69) is 10.5 Å². The molecular formula is C15H22FN3O2. The summed E-state index contributed by atoms with van der Waals surface area (Å²) in [5.74, 6) is 0.335. The molecule has 1 aliphatic carbocycles. The number of aliphatic hydroxyl groups excluding tert-OH is 1. The molecule has 0 heterocycles. The summed E-state index contributed by atoms with van der Waals surface area (Å²) in [5.41, 5.74) is 6.59. The van der Waals surface area contributed by atoms with Crippen LogP contribution in [0.15, 0.2) is 23.4 Å². The first-order valence-corrected chi connectivity index (χ1v) is 7.23. The van der Waals surface area contributed by atoms with E-state index in [9.17, 15) is 9.50 Å². The van der Waals surface area contributed by atoms with Gasteiger partial charge >= 0.3 is 0 Å². The van der Waals surface area contributed by atoms with Crippen molar-refractivity contribution in [2.75, 3.05) is 13.2 Å². The Hall–Kier alpha value is -1.66. The lowest BCUT2D eigenvalue weighted by molar-refractivity contribution is 0.192. The van der Waals surface area contributed by atoms with Crippen LogP contribution in [0.25, 0.3) is 0 Å². The molecule has 1 aliphatic rings. The van der Waals surface area contributed by atoms with Crippen molar-refractivity contribution in [3.63, 3.8) is 0 Å². The molecule has 0 aliphatic heterocycles. The predicted octanol–water partition coefficient (Wildman–Crippen LogP) is 1.42. The Bertz CT molecular complexity index is 508.